The Morgan fingerprint density at radius 1 is 1.47 bits per heavy atom. The third kappa shape index (κ3) is 5.19. The number of thioether (sulfide) groups is 1. The number of carbonyl (C=O) groups excluding carboxylic acids is 1. The number of halogens is 1. The maximum atomic E-state index is 10.7. The van der Waals surface area contributed by atoms with E-state index in [1.54, 1.807) is 6.92 Å². The second-order valence-corrected chi connectivity index (χ2v) is 5.18. The number of allylic oxidation sites excluding steroid dienone is 1. The smallest absolute Gasteiger partial charge is 0.185 e. The molecule has 3 heteroatoms. The Hall–Kier alpha value is -0.540. The average Bonchev–Trinajstić information content (AvgIpc) is 2.20. The van der Waals surface area contributed by atoms with Crippen LogP contribution in [-0.4, -0.2) is 10.9 Å². The molecule has 0 saturated carbocycles. The van der Waals surface area contributed by atoms with Gasteiger partial charge >= 0.3 is 0 Å². The lowest BCUT2D eigenvalue weighted by Crippen LogP contribution is -1.83. The minimum absolute atomic E-state index is 0.185. The van der Waals surface area contributed by atoms with Crippen molar-refractivity contribution in [2.75, 3.05) is 5.75 Å². The van der Waals surface area contributed by atoms with Crippen molar-refractivity contribution in [3.8, 4) is 0 Å². The Labute approximate surface area is 103 Å². The molecular weight excluding hydrogens is 272 g/mol. The zero-order chi connectivity index (χ0) is 11.1. The maximum Gasteiger partial charge on any atom is 0.185 e. The highest BCUT2D eigenvalue weighted by atomic mass is 79.9. The fourth-order valence-electron chi connectivity index (χ4n) is 1.09. The quantitative estimate of drug-likeness (QED) is 0.774. The van der Waals surface area contributed by atoms with Crippen LogP contribution in [0.25, 0.3) is 6.08 Å². The molecule has 0 N–H and O–H groups in total. The summed E-state index contributed by atoms with van der Waals surface area (Å²) in [4.78, 5) is 10.7. The Balaban J connectivity index is 2.38. The molecule has 0 unspecified atom stereocenters. The zero-order valence-corrected chi connectivity index (χ0v) is 11.0. The number of rotatable bonds is 4. The first-order chi connectivity index (χ1) is 7.20. The molecule has 0 fully saturated rings. The van der Waals surface area contributed by atoms with Crippen LogP contribution in [0.15, 0.2) is 34.8 Å². The molecule has 1 aromatic rings. The fraction of sp³-hybridized carbons (Fsp3) is 0.250. The van der Waals surface area contributed by atoms with Crippen molar-refractivity contribution in [2.24, 2.45) is 0 Å². The van der Waals surface area contributed by atoms with Crippen LogP contribution in [0.3, 0.4) is 0 Å². The van der Waals surface area contributed by atoms with E-state index in [2.05, 4.69) is 34.1 Å². The lowest BCUT2D eigenvalue weighted by Gasteiger charge is -1.96. The van der Waals surface area contributed by atoms with Crippen LogP contribution in [-0.2, 0) is 4.79 Å². The van der Waals surface area contributed by atoms with Crippen molar-refractivity contribution in [3.05, 3.63) is 40.4 Å². The molecule has 0 aliphatic heterocycles. The van der Waals surface area contributed by atoms with E-state index in [0.29, 0.717) is 0 Å². The molecule has 0 aliphatic carbocycles. The molecule has 0 radical (unpaired) electrons. The minimum Gasteiger partial charge on any atom is -0.288 e. The summed E-state index contributed by atoms with van der Waals surface area (Å²) < 4.78 is 1.10. The van der Waals surface area contributed by atoms with Crippen molar-refractivity contribution in [2.45, 2.75) is 13.3 Å². The van der Waals surface area contributed by atoms with Gasteiger partial charge in [0.05, 0.1) is 0 Å². The van der Waals surface area contributed by atoms with Crippen LogP contribution in [0, 0.1) is 0 Å². The number of hydrogen-bond donors (Lipinski definition) is 0. The van der Waals surface area contributed by atoms with E-state index < -0.39 is 0 Å². The zero-order valence-electron chi connectivity index (χ0n) is 8.57. The molecule has 0 saturated heterocycles. The van der Waals surface area contributed by atoms with Gasteiger partial charge < -0.3 is 0 Å². The summed E-state index contributed by atoms with van der Waals surface area (Å²) in [7, 11) is 0. The maximum absolute atomic E-state index is 10.7. The van der Waals surface area contributed by atoms with Crippen molar-refractivity contribution in [1.29, 1.82) is 0 Å². The van der Waals surface area contributed by atoms with Crippen LogP contribution in [0.1, 0.15) is 18.9 Å². The van der Waals surface area contributed by atoms with E-state index >= 15 is 0 Å². The number of carbonyl (C=O) groups is 1. The van der Waals surface area contributed by atoms with Crippen LogP contribution < -0.4 is 0 Å². The molecular formula is C12H13BrOS. The first-order valence-corrected chi connectivity index (χ1v) is 6.52. The van der Waals surface area contributed by atoms with Gasteiger partial charge in [-0.2, -0.15) is 0 Å². The molecule has 1 aromatic carbocycles. The predicted molar refractivity (Wildman–Crippen MR) is 70.9 cm³/mol. The number of benzene rings is 1. The van der Waals surface area contributed by atoms with E-state index in [0.717, 1.165) is 16.6 Å². The highest BCUT2D eigenvalue weighted by Gasteiger charge is 1.93. The van der Waals surface area contributed by atoms with Crippen LogP contribution in [0.2, 0.25) is 0 Å². The second-order valence-electron chi connectivity index (χ2n) is 3.05. The summed E-state index contributed by atoms with van der Waals surface area (Å²) in [6, 6.07) is 8.07. The van der Waals surface area contributed by atoms with E-state index in [9.17, 15) is 4.79 Å². The molecule has 0 aromatic heterocycles. The van der Waals surface area contributed by atoms with E-state index in [1.807, 2.05) is 18.2 Å². The average molecular weight is 285 g/mol. The van der Waals surface area contributed by atoms with Crippen molar-refractivity contribution < 1.29 is 4.79 Å². The van der Waals surface area contributed by atoms with Gasteiger partial charge in [0.2, 0.25) is 0 Å². The molecule has 0 aliphatic rings. The predicted octanol–water partition coefficient (Wildman–Crippen LogP) is 4.13. The molecule has 0 amide bonds. The fourth-order valence-corrected chi connectivity index (χ4v) is 2.05. The van der Waals surface area contributed by atoms with Crippen molar-refractivity contribution in [1.82, 2.24) is 0 Å². The Kier molecular flexibility index (Phi) is 5.73. The van der Waals surface area contributed by atoms with E-state index in [4.69, 9.17) is 0 Å². The third-order valence-electron chi connectivity index (χ3n) is 1.79. The van der Waals surface area contributed by atoms with Gasteiger partial charge in [-0.25, -0.2) is 0 Å². The van der Waals surface area contributed by atoms with E-state index in [-0.39, 0.29) is 5.12 Å². The van der Waals surface area contributed by atoms with Gasteiger partial charge in [0.1, 0.15) is 0 Å². The molecule has 15 heavy (non-hydrogen) atoms. The molecule has 80 valence electrons. The highest BCUT2D eigenvalue weighted by Crippen LogP contribution is 2.17. The van der Waals surface area contributed by atoms with Gasteiger partial charge in [-0.15, -0.1) is 0 Å². The summed E-state index contributed by atoms with van der Waals surface area (Å²) in [5.41, 5.74) is 1.17. The van der Waals surface area contributed by atoms with Gasteiger partial charge in [-0.3, -0.25) is 4.79 Å². The van der Waals surface area contributed by atoms with Gasteiger partial charge in [0, 0.05) is 17.1 Å². The van der Waals surface area contributed by atoms with E-state index in [1.165, 1.54) is 17.3 Å². The molecule has 0 spiro atoms. The van der Waals surface area contributed by atoms with Crippen LogP contribution in [0.5, 0.6) is 0 Å². The topological polar surface area (TPSA) is 17.1 Å². The first kappa shape index (κ1) is 12.5. The number of hydrogen-bond acceptors (Lipinski definition) is 2. The molecule has 0 bridgehead atoms. The Morgan fingerprint density at radius 3 is 2.87 bits per heavy atom. The first-order valence-electron chi connectivity index (χ1n) is 4.74. The van der Waals surface area contributed by atoms with Gasteiger partial charge in [0.25, 0.3) is 0 Å². The molecule has 0 atom stereocenters. The molecule has 0 heterocycles. The second kappa shape index (κ2) is 6.85. The lowest BCUT2D eigenvalue weighted by atomic mass is 10.2. The summed E-state index contributed by atoms with van der Waals surface area (Å²) in [6.45, 7) is 1.60. The summed E-state index contributed by atoms with van der Waals surface area (Å²) in [6.07, 6.45) is 5.09. The van der Waals surface area contributed by atoms with Gasteiger partial charge in [-0.1, -0.05) is 58.0 Å². The van der Waals surface area contributed by atoms with Crippen LogP contribution in [0.4, 0.5) is 0 Å². The van der Waals surface area contributed by atoms with Gasteiger partial charge in [-0.05, 0) is 18.1 Å². The largest absolute Gasteiger partial charge is 0.288 e. The monoisotopic (exact) mass is 284 g/mol. The molecule has 1 rings (SSSR count). The summed E-state index contributed by atoms with van der Waals surface area (Å²) >= 11 is 4.85. The lowest BCUT2D eigenvalue weighted by molar-refractivity contribution is -0.109. The Bertz CT molecular complexity index is 360. The summed E-state index contributed by atoms with van der Waals surface area (Å²) in [5, 5.41) is 0.185. The van der Waals surface area contributed by atoms with Gasteiger partial charge in [0.15, 0.2) is 5.12 Å². The van der Waals surface area contributed by atoms with Crippen LogP contribution >= 0.6 is 27.7 Å². The standard InChI is InChI=1S/C12H13BrOS/c1-10(14)15-9-5-4-7-11-6-2-3-8-12(11)13/h2-4,6-8H,5,9H2,1H3. The third-order valence-corrected chi connectivity index (χ3v) is 3.36. The minimum atomic E-state index is 0.185. The summed E-state index contributed by atoms with van der Waals surface area (Å²) in [5.74, 6) is 0.857. The van der Waals surface area contributed by atoms with Crippen molar-refractivity contribution in [3.63, 3.8) is 0 Å². The Morgan fingerprint density at radius 2 is 2.20 bits per heavy atom. The highest BCUT2D eigenvalue weighted by molar-refractivity contribution is 9.10. The normalized spacial score (nSPS) is 10.8. The van der Waals surface area contributed by atoms with Crippen molar-refractivity contribution >= 4 is 38.9 Å². The molecule has 1 nitrogen and oxygen atoms in total. The SMILES string of the molecule is CC(=O)SCCC=Cc1ccccc1Br.